The zero-order valence-corrected chi connectivity index (χ0v) is 20.0. The molecule has 4 heterocycles. The van der Waals surface area contributed by atoms with Crippen LogP contribution in [0.25, 0.3) is 11.4 Å². The Morgan fingerprint density at radius 1 is 0.946 bits per heavy atom. The minimum absolute atomic E-state index is 0.105. The number of rotatable bonds is 8. The van der Waals surface area contributed by atoms with E-state index >= 15 is 0 Å². The molecular weight excluding hydrogens is 482 g/mol. The molecule has 4 aromatic rings. The number of ether oxygens (including phenoxy) is 2. The quantitative estimate of drug-likeness (QED) is 0.365. The fourth-order valence-electron chi connectivity index (χ4n) is 3.84. The number of anilines is 4. The Bertz CT molecular complexity index is 1370. The van der Waals surface area contributed by atoms with E-state index in [4.69, 9.17) is 9.47 Å². The smallest absolute Gasteiger partial charge is 0.191 e. The van der Waals surface area contributed by atoms with Crippen molar-refractivity contribution < 1.29 is 18.3 Å². The molecule has 1 aromatic carbocycles. The molecule has 0 saturated carbocycles. The van der Waals surface area contributed by atoms with Crippen LogP contribution in [0.3, 0.4) is 0 Å². The molecule has 0 spiro atoms. The third-order valence-corrected chi connectivity index (χ3v) is 5.72. The fourth-order valence-corrected chi connectivity index (χ4v) is 3.84. The van der Waals surface area contributed by atoms with Gasteiger partial charge in [0.2, 0.25) is 0 Å². The van der Waals surface area contributed by atoms with Gasteiger partial charge >= 0.3 is 0 Å². The van der Waals surface area contributed by atoms with E-state index in [1.54, 1.807) is 6.07 Å². The van der Waals surface area contributed by atoms with E-state index in [2.05, 4.69) is 40.5 Å². The maximum atomic E-state index is 14.7. The second-order valence-corrected chi connectivity index (χ2v) is 8.17. The van der Waals surface area contributed by atoms with Gasteiger partial charge in [-0.1, -0.05) is 6.07 Å². The van der Waals surface area contributed by atoms with Gasteiger partial charge < -0.3 is 20.1 Å². The number of benzene rings is 1. The van der Waals surface area contributed by atoms with Crippen LogP contribution in [0.15, 0.2) is 55.2 Å². The molecule has 10 nitrogen and oxygen atoms in total. The summed E-state index contributed by atoms with van der Waals surface area (Å²) in [5, 5.41) is 5.83. The van der Waals surface area contributed by atoms with Crippen LogP contribution in [0.2, 0.25) is 0 Å². The molecular formula is C25H24F2N8O2. The summed E-state index contributed by atoms with van der Waals surface area (Å²) < 4.78 is 39.4. The van der Waals surface area contributed by atoms with E-state index in [9.17, 15) is 8.78 Å². The first-order valence-corrected chi connectivity index (χ1v) is 11.5. The van der Waals surface area contributed by atoms with E-state index in [-0.39, 0.29) is 17.3 Å². The van der Waals surface area contributed by atoms with Crippen LogP contribution in [0, 0.1) is 11.6 Å². The molecule has 0 radical (unpaired) electrons. The number of nitrogens with zero attached hydrogens (tertiary/aromatic N) is 6. The predicted octanol–water partition coefficient (Wildman–Crippen LogP) is 3.93. The highest BCUT2D eigenvalue weighted by Gasteiger charge is 2.18. The summed E-state index contributed by atoms with van der Waals surface area (Å²) in [7, 11) is 1.30. The average Bonchev–Trinajstić information content (AvgIpc) is 2.93. The van der Waals surface area contributed by atoms with E-state index in [1.807, 2.05) is 18.3 Å². The maximum absolute atomic E-state index is 14.7. The Balaban J connectivity index is 1.34. The van der Waals surface area contributed by atoms with E-state index in [1.165, 1.54) is 31.9 Å². The zero-order valence-electron chi connectivity index (χ0n) is 20.0. The highest BCUT2D eigenvalue weighted by atomic mass is 19.1. The van der Waals surface area contributed by atoms with Crippen molar-refractivity contribution in [3.8, 4) is 17.1 Å². The Labute approximate surface area is 211 Å². The lowest BCUT2D eigenvalue weighted by Crippen LogP contribution is -2.35. The van der Waals surface area contributed by atoms with Crippen molar-refractivity contribution in [3.05, 3.63) is 72.4 Å². The highest BCUT2D eigenvalue weighted by molar-refractivity contribution is 5.75. The van der Waals surface area contributed by atoms with Crippen molar-refractivity contribution in [3.63, 3.8) is 0 Å². The Hall–Kier alpha value is -4.29. The Morgan fingerprint density at radius 2 is 1.78 bits per heavy atom. The largest absolute Gasteiger partial charge is 0.494 e. The molecule has 37 heavy (non-hydrogen) atoms. The van der Waals surface area contributed by atoms with Crippen molar-refractivity contribution >= 4 is 23.1 Å². The molecule has 1 saturated heterocycles. The van der Waals surface area contributed by atoms with E-state index in [0.29, 0.717) is 17.3 Å². The van der Waals surface area contributed by atoms with Crippen LogP contribution in [-0.4, -0.2) is 63.2 Å². The van der Waals surface area contributed by atoms with Gasteiger partial charge in [-0.15, -0.1) is 0 Å². The molecule has 0 atom stereocenters. The highest BCUT2D eigenvalue weighted by Crippen LogP contribution is 2.32. The number of hydrogen-bond acceptors (Lipinski definition) is 10. The van der Waals surface area contributed by atoms with Gasteiger partial charge in [-0.25, -0.2) is 33.7 Å². The van der Waals surface area contributed by atoms with Crippen LogP contribution < -0.4 is 15.4 Å². The van der Waals surface area contributed by atoms with Crippen molar-refractivity contribution in [1.82, 2.24) is 29.8 Å². The monoisotopic (exact) mass is 506 g/mol. The summed E-state index contributed by atoms with van der Waals surface area (Å²) in [6.07, 6.45) is 6.05. The molecule has 1 fully saturated rings. The molecule has 0 amide bonds. The lowest BCUT2D eigenvalue weighted by atomic mass is 10.2. The van der Waals surface area contributed by atoms with Crippen LogP contribution in [0.5, 0.6) is 5.75 Å². The van der Waals surface area contributed by atoms with Gasteiger partial charge in [-0.2, -0.15) is 0 Å². The summed E-state index contributed by atoms with van der Waals surface area (Å²) in [6, 6.07) is 7.85. The second kappa shape index (κ2) is 11.2. The van der Waals surface area contributed by atoms with Crippen LogP contribution >= 0.6 is 0 Å². The molecule has 2 N–H and O–H groups in total. The normalized spacial score (nSPS) is 13.8. The molecule has 0 aliphatic carbocycles. The van der Waals surface area contributed by atoms with Crippen molar-refractivity contribution in [2.24, 2.45) is 0 Å². The van der Waals surface area contributed by atoms with Gasteiger partial charge in [0.1, 0.15) is 35.2 Å². The number of nitrogens with one attached hydrogen (secondary N) is 2. The number of halogens is 2. The van der Waals surface area contributed by atoms with Gasteiger partial charge in [0, 0.05) is 44.3 Å². The minimum atomic E-state index is -0.882. The average molecular weight is 507 g/mol. The lowest BCUT2D eigenvalue weighted by molar-refractivity contribution is 0.0341. The van der Waals surface area contributed by atoms with Gasteiger partial charge in [0.25, 0.3) is 0 Å². The summed E-state index contributed by atoms with van der Waals surface area (Å²) in [4.78, 5) is 23.8. The first kappa shape index (κ1) is 24.4. The predicted molar refractivity (Wildman–Crippen MR) is 133 cm³/mol. The standard InChI is InChI=1S/C25H24F2N8O2/c1-36-19-4-3-17(26)23(22(19)27)34-25-24(28-6-7-29-25)18-12-21(32-15-31-18)33-20-5-2-16(13-30-20)14-35-8-10-37-11-9-35/h2-7,12-13,15H,8-11,14H2,1H3,(H,29,34)(H,30,31,32,33). The summed E-state index contributed by atoms with van der Waals surface area (Å²) in [6.45, 7) is 4.11. The third-order valence-electron chi connectivity index (χ3n) is 5.72. The Morgan fingerprint density at radius 3 is 2.57 bits per heavy atom. The van der Waals surface area contributed by atoms with Crippen molar-refractivity contribution in [2.75, 3.05) is 44.0 Å². The molecule has 190 valence electrons. The summed E-state index contributed by atoms with van der Waals surface area (Å²) in [5.41, 5.74) is 1.36. The van der Waals surface area contributed by atoms with Gasteiger partial charge in [-0.05, 0) is 23.8 Å². The van der Waals surface area contributed by atoms with Crippen molar-refractivity contribution in [1.29, 1.82) is 0 Å². The maximum Gasteiger partial charge on any atom is 0.191 e. The molecule has 0 unspecified atom stereocenters. The van der Waals surface area contributed by atoms with Gasteiger partial charge in [0.15, 0.2) is 17.4 Å². The molecule has 5 rings (SSSR count). The minimum Gasteiger partial charge on any atom is -0.494 e. The molecule has 0 bridgehead atoms. The first-order chi connectivity index (χ1) is 18.1. The molecule has 1 aliphatic heterocycles. The Kier molecular flexibility index (Phi) is 7.38. The zero-order chi connectivity index (χ0) is 25.6. The number of hydrogen-bond donors (Lipinski definition) is 2. The number of morpholine rings is 1. The second-order valence-electron chi connectivity index (χ2n) is 8.17. The van der Waals surface area contributed by atoms with Crippen LogP contribution in [0.4, 0.5) is 31.9 Å². The van der Waals surface area contributed by atoms with E-state index in [0.717, 1.165) is 44.5 Å². The number of pyridine rings is 1. The number of methoxy groups -OCH3 is 1. The SMILES string of the molecule is COc1ccc(F)c(Nc2nccnc2-c2cc(Nc3ccc(CN4CCOCC4)cn3)ncn2)c1F. The third kappa shape index (κ3) is 5.76. The van der Waals surface area contributed by atoms with Crippen molar-refractivity contribution in [2.45, 2.75) is 6.54 Å². The van der Waals surface area contributed by atoms with E-state index < -0.39 is 17.3 Å². The molecule has 12 heteroatoms. The fraction of sp³-hybridized carbons (Fsp3) is 0.240. The van der Waals surface area contributed by atoms with Crippen LogP contribution in [0.1, 0.15) is 5.56 Å². The molecule has 3 aromatic heterocycles. The first-order valence-electron chi connectivity index (χ1n) is 11.5. The topological polar surface area (TPSA) is 110 Å². The van der Waals surface area contributed by atoms with Gasteiger partial charge in [-0.3, -0.25) is 4.90 Å². The lowest BCUT2D eigenvalue weighted by Gasteiger charge is -2.26. The molecule has 1 aliphatic rings. The summed E-state index contributed by atoms with van der Waals surface area (Å²) >= 11 is 0. The number of aromatic nitrogens is 5. The van der Waals surface area contributed by atoms with Gasteiger partial charge in [0.05, 0.1) is 26.0 Å². The van der Waals surface area contributed by atoms with Crippen LogP contribution in [-0.2, 0) is 11.3 Å². The summed E-state index contributed by atoms with van der Waals surface area (Å²) in [5.74, 6) is -0.604.